The maximum atomic E-state index is 12.1. The maximum absolute atomic E-state index is 12.1. The summed E-state index contributed by atoms with van der Waals surface area (Å²) in [5, 5.41) is 6.71. The number of hydrogen-bond acceptors (Lipinski definition) is 3. The van der Waals surface area contributed by atoms with Crippen LogP contribution in [0.1, 0.15) is 15.9 Å². The molecule has 1 aromatic carbocycles. The van der Waals surface area contributed by atoms with Gasteiger partial charge in [-0.1, -0.05) is 15.9 Å². The van der Waals surface area contributed by atoms with Crippen molar-refractivity contribution in [1.29, 1.82) is 0 Å². The highest BCUT2D eigenvalue weighted by molar-refractivity contribution is 9.10. The summed E-state index contributed by atoms with van der Waals surface area (Å²) in [6, 6.07) is 5.40. The number of nitrogen functional groups attached to an aromatic ring is 1. The first-order chi connectivity index (χ1) is 8.49. The number of nitrogens with zero attached hydrogens (tertiary/aromatic N) is 2. The van der Waals surface area contributed by atoms with Crippen molar-refractivity contribution in [3.63, 3.8) is 0 Å². The summed E-state index contributed by atoms with van der Waals surface area (Å²) in [4.78, 5) is 12.1. The van der Waals surface area contributed by atoms with Crippen molar-refractivity contribution in [3.05, 3.63) is 40.0 Å². The number of halogens is 1. The molecule has 2 rings (SSSR count). The van der Waals surface area contributed by atoms with Crippen LogP contribution in [0.4, 0.5) is 11.5 Å². The zero-order valence-electron chi connectivity index (χ0n) is 10.1. The summed E-state index contributed by atoms with van der Waals surface area (Å²) < 4.78 is 2.50. The lowest BCUT2D eigenvalue weighted by Gasteiger charge is -2.07. The van der Waals surface area contributed by atoms with E-state index in [4.69, 9.17) is 5.73 Å². The molecule has 0 saturated carbocycles. The molecule has 0 aliphatic rings. The smallest absolute Gasteiger partial charge is 0.256 e. The quantitative estimate of drug-likeness (QED) is 0.894. The maximum Gasteiger partial charge on any atom is 0.256 e. The Hall–Kier alpha value is -1.82. The molecule has 18 heavy (non-hydrogen) atoms. The number of rotatable bonds is 2. The van der Waals surface area contributed by atoms with Gasteiger partial charge >= 0.3 is 0 Å². The van der Waals surface area contributed by atoms with Gasteiger partial charge in [0.05, 0.1) is 11.9 Å². The Balaban J connectivity index is 2.25. The number of hydrogen-bond donors (Lipinski definition) is 2. The second-order valence-electron chi connectivity index (χ2n) is 3.99. The standard InChI is InChI=1S/C12H13BrN4O/c1-7-5-8(3-4-9(7)13)12(18)16-11-10(14)6-15-17(11)2/h3-6H,14H2,1-2H3,(H,16,18). The largest absolute Gasteiger partial charge is 0.394 e. The third-order valence-corrected chi connectivity index (χ3v) is 3.51. The predicted molar refractivity (Wildman–Crippen MR) is 74.5 cm³/mol. The lowest BCUT2D eigenvalue weighted by Crippen LogP contribution is -2.15. The first kappa shape index (κ1) is 12.6. The van der Waals surface area contributed by atoms with Crippen molar-refractivity contribution in [2.24, 2.45) is 7.05 Å². The van der Waals surface area contributed by atoms with E-state index >= 15 is 0 Å². The normalized spacial score (nSPS) is 10.4. The first-order valence-electron chi connectivity index (χ1n) is 5.34. The van der Waals surface area contributed by atoms with Gasteiger partial charge in [0.1, 0.15) is 0 Å². The molecule has 0 bridgehead atoms. The number of carbonyl (C=O) groups is 1. The van der Waals surface area contributed by atoms with Crippen LogP contribution in [0.25, 0.3) is 0 Å². The average Bonchev–Trinajstić information content (AvgIpc) is 2.64. The van der Waals surface area contributed by atoms with Crippen molar-refractivity contribution in [2.45, 2.75) is 6.92 Å². The number of aromatic nitrogens is 2. The Bertz CT molecular complexity index is 587. The summed E-state index contributed by atoms with van der Waals surface area (Å²) in [5.74, 6) is 0.293. The van der Waals surface area contributed by atoms with Crippen LogP contribution in [0.3, 0.4) is 0 Å². The summed E-state index contributed by atoms with van der Waals surface area (Å²) in [6.07, 6.45) is 1.50. The number of carbonyl (C=O) groups excluding carboxylic acids is 1. The summed E-state index contributed by atoms with van der Waals surface area (Å²) in [7, 11) is 1.72. The first-order valence-corrected chi connectivity index (χ1v) is 6.13. The second-order valence-corrected chi connectivity index (χ2v) is 4.84. The minimum absolute atomic E-state index is 0.207. The summed E-state index contributed by atoms with van der Waals surface area (Å²) in [5.41, 5.74) is 7.74. The van der Waals surface area contributed by atoms with Crippen LogP contribution < -0.4 is 11.1 Å². The van der Waals surface area contributed by atoms with Gasteiger partial charge in [0, 0.05) is 17.1 Å². The zero-order valence-corrected chi connectivity index (χ0v) is 11.7. The molecule has 1 amide bonds. The number of amides is 1. The van der Waals surface area contributed by atoms with Crippen molar-refractivity contribution >= 4 is 33.3 Å². The Kier molecular flexibility index (Phi) is 3.38. The average molecular weight is 309 g/mol. The number of benzene rings is 1. The van der Waals surface area contributed by atoms with Gasteiger partial charge < -0.3 is 11.1 Å². The van der Waals surface area contributed by atoms with Gasteiger partial charge in [0.15, 0.2) is 5.82 Å². The molecule has 0 fully saturated rings. The third-order valence-electron chi connectivity index (χ3n) is 2.62. The highest BCUT2D eigenvalue weighted by Gasteiger charge is 2.12. The topological polar surface area (TPSA) is 72.9 Å². The Morgan fingerprint density at radius 2 is 2.22 bits per heavy atom. The van der Waals surface area contributed by atoms with Gasteiger partial charge in [0.2, 0.25) is 0 Å². The lowest BCUT2D eigenvalue weighted by molar-refractivity contribution is 0.102. The van der Waals surface area contributed by atoms with Crippen LogP contribution in [0, 0.1) is 6.92 Å². The van der Waals surface area contributed by atoms with Gasteiger partial charge in [-0.05, 0) is 30.7 Å². The van der Waals surface area contributed by atoms with Gasteiger partial charge in [0.25, 0.3) is 5.91 Å². The van der Waals surface area contributed by atoms with Crippen LogP contribution in [-0.4, -0.2) is 15.7 Å². The highest BCUT2D eigenvalue weighted by atomic mass is 79.9. The molecule has 1 aromatic heterocycles. The van der Waals surface area contributed by atoms with Crippen molar-refractivity contribution < 1.29 is 4.79 Å². The SMILES string of the molecule is Cc1cc(C(=O)Nc2c(N)cnn2C)ccc1Br. The summed E-state index contributed by atoms with van der Waals surface area (Å²) in [6.45, 7) is 1.93. The van der Waals surface area contributed by atoms with Gasteiger partial charge in [-0.2, -0.15) is 5.10 Å². The molecule has 94 valence electrons. The summed E-state index contributed by atoms with van der Waals surface area (Å²) >= 11 is 3.40. The molecule has 0 aliphatic heterocycles. The van der Waals surface area contributed by atoms with E-state index in [1.54, 1.807) is 13.1 Å². The fourth-order valence-electron chi connectivity index (χ4n) is 1.57. The molecular weight excluding hydrogens is 296 g/mol. The van der Waals surface area contributed by atoms with E-state index in [9.17, 15) is 4.79 Å². The molecule has 1 heterocycles. The van der Waals surface area contributed by atoms with Crippen molar-refractivity contribution in [3.8, 4) is 0 Å². The van der Waals surface area contributed by atoms with Gasteiger partial charge in [-0.25, -0.2) is 0 Å². The number of nitrogens with two attached hydrogens (primary N) is 1. The zero-order chi connectivity index (χ0) is 13.3. The molecule has 3 N–H and O–H groups in total. The molecule has 2 aromatic rings. The number of anilines is 2. The minimum Gasteiger partial charge on any atom is -0.394 e. The van der Waals surface area contributed by atoms with E-state index in [1.807, 2.05) is 19.1 Å². The Labute approximate surface area is 113 Å². The highest BCUT2D eigenvalue weighted by Crippen LogP contribution is 2.20. The van der Waals surface area contributed by atoms with E-state index in [2.05, 4.69) is 26.3 Å². The van der Waals surface area contributed by atoms with E-state index in [0.29, 0.717) is 17.1 Å². The molecule has 6 heteroatoms. The number of aryl methyl sites for hydroxylation is 2. The van der Waals surface area contributed by atoms with E-state index < -0.39 is 0 Å². The molecule has 5 nitrogen and oxygen atoms in total. The molecule has 0 saturated heterocycles. The monoisotopic (exact) mass is 308 g/mol. The van der Waals surface area contributed by atoms with Crippen LogP contribution in [0.2, 0.25) is 0 Å². The molecular formula is C12H13BrN4O. The van der Waals surface area contributed by atoms with E-state index in [1.165, 1.54) is 10.9 Å². The Morgan fingerprint density at radius 1 is 1.50 bits per heavy atom. The molecule has 0 unspecified atom stereocenters. The van der Waals surface area contributed by atoms with Crippen molar-refractivity contribution in [1.82, 2.24) is 9.78 Å². The van der Waals surface area contributed by atoms with E-state index in [-0.39, 0.29) is 5.91 Å². The fraction of sp³-hybridized carbons (Fsp3) is 0.167. The predicted octanol–water partition coefficient (Wildman–Crippen LogP) is 2.33. The molecule has 0 radical (unpaired) electrons. The van der Waals surface area contributed by atoms with Gasteiger partial charge in [-0.15, -0.1) is 0 Å². The number of nitrogens with one attached hydrogen (secondary N) is 1. The second kappa shape index (κ2) is 4.81. The Morgan fingerprint density at radius 3 is 2.78 bits per heavy atom. The fourth-order valence-corrected chi connectivity index (χ4v) is 1.82. The van der Waals surface area contributed by atoms with Crippen LogP contribution in [0.15, 0.2) is 28.9 Å². The van der Waals surface area contributed by atoms with Crippen LogP contribution in [0.5, 0.6) is 0 Å². The molecule has 0 aliphatic carbocycles. The van der Waals surface area contributed by atoms with Crippen LogP contribution in [-0.2, 0) is 7.05 Å². The van der Waals surface area contributed by atoms with Crippen molar-refractivity contribution in [2.75, 3.05) is 11.1 Å². The van der Waals surface area contributed by atoms with E-state index in [0.717, 1.165) is 10.0 Å². The minimum atomic E-state index is -0.207. The molecule has 0 spiro atoms. The lowest BCUT2D eigenvalue weighted by atomic mass is 10.1. The van der Waals surface area contributed by atoms with Crippen LogP contribution >= 0.6 is 15.9 Å². The molecule has 0 atom stereocenters. The third kappa shape index (κ3) is 2.38. The van der Waals surface area contributed by atoms with Gasteiger partial charge in [-0.3, -0.25) is 9.48 Å².